The number of benzene rings is 1. The van der Waals surface area contributed by atoms with Gasteiger partial charge >= 0.3 is 12.3 Å². The number of hydrogen-bond acceptors (Lipinski definition) is 6. The second-order valence-electron chi connectivity index (χ2n) is 5.66. The summed E-state index contributed by atoms with van der Waals surface area (Å²) in [6.45, 7) is 0. The van der Waals surface area contributed by atoms with E-state index in [9.17, 15) is 18.0 Å². The molecule has 0 saturated carbocycles. The first-order chi connectivity index (χ1) is 12.3. The van der Waals surface area contributed by atoms with Gasteiger partial charge in [0.2, 0.25) is 0 Å². The molecule has 2 heterocycles. The smallest absolute Gasteiger partial charge is 0.484 e. The first-order valence-corrected chi connectivity index (χ1v) is 7.63. The first-order valence-electron chi connectivity index (χ1n) is 7.63. The highest BCUT2D eigenvalue weighted by atomic mass is 19.4. The monoisotopic (exact) mass is 368 g/mol. The number of carbonyl (C=O) groups excluding carboxylic acids is 1. The van der Waals surface area contributed by atoms with E-state index in [0.717, 1.165) is 6.07 Å². The van der Waals surface area contributed by atoms with E-state index in [0.29, 0.717) is 17.7 Å². The van der Waals surface area contributed by atoms with Crippen LogP contribution in [0.25, 0.3) is 0 Å². The van der Waals surface area contributed by atoms with Crippen LogP contribution in [0.15, 0.2) is 36.5 Å². The lowest BCUT2D eigenvalue weighted by Crippen LogP contribution is -2.25. The number of ether oxygens (including phenoxy) is 3. The van der Waals surface area contributed by atoms with Gasteiger partial charge in [-0.15, -0.1) is 13.2 Å². The van der Waals surface area contributed by atoms with Gasteiger partial charge in [-0.2, -0.15) is 0 Å². The Kier molecular flexibility index (Phi) is 4.73. The van der Waals surface area contributed by atoms with Crippen molar-refractivity contribution in [2.45, 2.75) is 24.9 Å². The summed E-state index contributed by atoms with van der Waals surface area (Å²) in [5, 5.41) is 0. The zero-order valence-electron chi connectivity index (χ0n) is 13.6. The molecule has 0 bridgehead atoms. The van der Waals surface area contributed by atoms with E-state index in [4.69, 9.17) is 10.5 Å². The molecule has 0 aliphatic carbocycles. The summed E-state index contributed by atoms with van der Waals surface area (Å²) in [6, 6.07) is 6.47. The average Bonchev–Trinajstić information content (AvgIpc) is 2.59. The third-order valence-electron chi connectivity index (χ3n) is 3.89. The van der Waals surface area contributed by atoms with E-state index in [1.165, 1.54) is 31.5 Å². The van der Waals surface area contributed by atoms with E-state index in [1.807, 2.05) is 0 Å². The number of nitrogens with two attached hydrogens (primary N) is 1. The third-order valence-corrected chi connectivity index (χ3v) is 3.89. The number of pyridine rings is 1. The maximum absolute atomic E-state index is 12.4. The molecule has 0 fully saturated rings. The lowest BCUT2D eigenvalue weighted by atomic mass is 9.95. The highest BCUT2D eigenvalue weighted by Crippen LogP contribution is 2.41. The van der Waals surface area contributed by atoms with Crippen LogP contribution < -0.4 is 15.2 Å². The molecular formula is C17H15F3N2O4. The van der Waals surface area contributed by atoms with Crippen LogP contribution in [0.5, 0.6) is 11.5 Å². The summed E-state index contributed by atoms with van der Waals surface area (Å²) in [5.41, 5.74) is 7.47. The lowest BCUT2D eigenvalue weighted by Gasteiger charge is -2.30. The third kappa shape index (κ3) is 3.88. The molecule has 1 aliphatic heterocycles. The molecule has 2 aromatic rings. The molecule has 1 aliphatic rings. The Labute approximate surface area is 146 Å². The van der Waals surface area contributed by atoms with Crippen molar-refractivity contribution in [3.05, 3.63) is 53.3 Å². The number of halogens is 3. The normalized spacial score (nSPS) is 19.3. The van der Waals surface area contributed by atoms with Crippen molar-refractivity contribution in [3.8, 4) is 11.5 Å². The molecule has 2 atom stereocenters. The number of rotatable bonds is 3. The molecule has 0 unspecified atom stereocenters. The zero-order chi connectivity index (χ0) is 18.9. The van der Waals surface area contributed by atoms with E-state index in [-0.39, 0.29) is 11.3 Å². The summed E-state index contributed by atoms with van der Waals surface area (Å²) < 4.78 is 51.4. The van der Waals surface area contributed by atoms with Gasteiger partial charge in [0.05, 0.1) is 18.4 Å². The number of nitrogens with zero attached hydrogens (tertiary/aromatic N) is 1. The minimum atomic E-state index is -4.80. The summed E-state index contributed by atoms with van der Waals surface area (Å²) in [6.07, 6.45) is -3.63. The largest absolute Gasteiger partial charge is 0.573 e. The van der Waals surface area contributed by atoms with Gasteiger partial charge in [0.1, 0.15) is 17.6 Å². The molecule has 0 spiro atoms. The van der Waals surface area contributed by atoms with Gasteiger partial charge < -0.3 is 19.9 Å². The van der Waals surface area contributed by atoms with Crippen LogP contribution in [0.2, 0.25) is 0 Å². The van der Waals surface area contributed by atoms with Crippen molar-refractivity contribution in [2.75, 3.05) is 7.11 Å². The van der Waals surface area contributed by atoms with Crippen LogP contribution in [0.1, 0.15) is 40.2 Å². The van der Waals surface area contributed by atoms with Crippen molar-refractivity contribution in [1.29, 1.82) is 0 Å². The van der Waals surface area contributed by atoms with E-state index >= 15 is 0 Å². The molecule has 6 nitrogen and oxygen atoms in total. The standard InChI is InChI=1S/C17H15F3N2O4/c1-24-16(23)9-2-5-13(22-8-9)15-7-12(21)11-4-3-10(6-14(11)25-15)26-17(18,19)20/h2-6,8,12,15H,7,21H2,1H3/t12-,15-/m1/s1. The number of esters is 1. The van der Waals surface area contributed by atoms with Crippen LogP contribution in [-0.2, 0) is 4.74 Å². The van der Waals surface area contributed by atoms with Gasteiger partial charge in [0.15, 0.2) is 0 Å². The van der Waals surface area contributed by atoms with Crippen LogP contribution in [-0.4, -0.2) is 24.4 Å². The van der Waals surface area contributed by atoms with E-state index < -0.39 is 30.2 Å². The molecule has 1 aromatic heterocycles. The number of aromatic nitrogens is 1. The first kappa shape index (κ1) is 18.0. The van der Waals surface area contributed by atoms with Gasteiger partial charge in [0.25, 0.3) is 0 Å². The minimum absolute atomic E-state index is 0.203. The summed E-state index contributed by atoms with van der Waals surface area (Å²) in [7, 11) is 1.26. The fourth-order valence-corrected chi connectivity index (χ4v) is 2.69. The maximum atomic E-state index is 12.4. The van der Waals surface area contributed by atoms with Crippen molar-refractivity contribution in [3.63, 3.8) is 0 Å². The Morgan fingerprint density at radius 2 is 2.08 bits per heavy atom. The number of fused-ring (bicyclic) bond motifs is 1. The summed E-state index contributed by atoms with van der Waals surface area (Å²) in [5.74, 6) is -0.711. The molecule has 0 amide bonds. The van der Waals surface area contributed by atoms with Gasteiger partial charge in [0, 0.05) is 30.3 Å². The highest BCUT2D eigenvalue weighted by molar-refractivity contribution is 5.88. The molecule has 3 rings (SSSR count). The van der Waals surface area contributed by atoms with Gasteiger partial charge in [-0.25, -0.2) is 4.79 Å². The molecule has 26 heavy (non-hydrogen) atoms. The highest BCUT2D eigenvalue weighted by Gasteiger charge is 2.33. The van der Waals surface area contributed by atoms with Crippen LogP contribution >= 0.6 is 0 Å². The summed E-state index contributed by atoms with van der Waals surface area (Å²) in [4.78, 5) is 15.6. The molecular weight excluding hydrogens is 353 g/mol. The molecule has 2 N–H and O–H groups in total. The molecule has 138 valence electrons. The fraction of sp³-hybridized carbons (Fsp3) is 0.294. The lowest BCUT2D eigenvalue weighted by molar-refractivity contribution is -0.274. The SMILES string of the molecule is COC(=O)c1ccc([C@H]2C[C@@H](N)c3ccc(OC(F)(F)F)cc3O2)nc1. The number of hydrogen-bond donors (Lipinski definition) is 1. The predicted octanol–water partition coefficient (Wildman–Crippen LogP) is 3.29. The van der Waals surface area contributed by atoms with Gasteiger partial charge in [-0.3, -0.25) is 4.98 Å². The predicted molar refractivity (Wildman–Crippen MR) is 83.6 cm³/mol. The Balaban J connectivity index is 1.83. The maximum Gasteiger partial charge on any atom is 0.573 e. The van der Waals surface area contributed by atoms with Crippen LogP contribution in [0.4, 0.5) is 13.2 Å². The minimum Gasteiger partial charge on any atom is -0.484 e. The van der Waals surface area contributed by atoms with E-state index in [2.05, 4.69) is 14.5 Å². The average molecular weight is 368 g/mol. The fourth-order valence-electron chi connectivity index (χ4n) is 2.69. The molecule has 9 heteroatoms. The van der Waals surface area contributed by atoms with Gasteiger partial charge in [-0.05, 0) is 18.2 Å². The Morgan fingerprint density at radius 1 is 1.31 bits per heavy atom. The quantitative estimate of drug-likeness (QED) is 0.837. The van der Waals surface area contributed by atoms with Crippen molar-refractivity contribution >= 4 is 5.97 Å². The summed E-state index contributed by atoms with van der Waals surface area (Å²) >= 11 is 0. The number of methoxy groups -OCH3 is 1. The second-order valence-corrected chi connectivity index (χ2v) is 5.66. The Hall–Kier alpha value is -2.81. The number of alkyl halides is 3. The Morgan fingerprint density at radius 3 is 2.69 bits per heavy atom. The number of carbonyl (C=O) groups is 1. The Bertz CT molecular complexity index is 809. The van der Waals surface area contributed by atoms with Crippen LogP contribution in [0, 0.1) is 0 Å². The zero-order valence-corrected chi connectivity index (χ0v) is 13.6. The van der Waals surface area contributed by atoms with Crippen molar-refractivity contribution in [1.82, 2.24) is 4.98 Å². The van der Waals surface area contributed by atoms with Gasteiger partial charge in [-0.1, -0.05) is 6.07 Å². The van der Waals surface area contributed by atoms with Crippen molar-refractivity contribution < 1.29 is 32.2 Å². The van der Waals surface area contributed by atoms with Crippen LogP contribution in [0.3, 0.4) is 0 Å². The van der Waals surface area contributed by atoms with E-state index in [1.54, 1.807) is 6.07 Å². The molecule has 1 aromatic carbocycles. The van der Waals surface area contributed by atoms with Crippen molar-refractivity contribution in [2.24, 2.45) is 5.73 Å². The second kappa shape index (κ2) is 6.83. The molecule has 0 saturated heterocycles. The topological polar surface area (TPSA) is 83.7 Å². The molecule has 0 radical (unpaired) electrons.